The normalized spacial score (nSPS) is 26.5. The van der Waals surface area contributed by atoms with Gasteiger partial charge in [-0.2, -0.15) is 0 Å². The van der Waals surface area contributed by atoms with Crippen molar-refractivity contribution in [1.82, 2.24) is 4.90 Å². The average molecular weight is 501 g/mol. The number of aliphatic hydroxyl groups is 1. The number of hydrogen-bond donors (Lipinski definition) is 2. The highest BCUT2D eigenvalue weighted by Crippen LogP contribution is 2.49. The Kier molecular flexibility index (Phi) is 6.97. The van der Waals surface area contributed by atoms with Gasteiger partial charge in [-0.1, -0.05) is 25.0 Å². The molecule has 1 saturated carbocycles. The number of piperidine rings is 1. The van der Waals surface area contributed by atoms with E-state index in [1.165, 1.54) is 30.6 Å². The number of likely N-dealkylation sites (tertiary alicyclic amines) is 1. The molecule has 2 aliphatic carbocycles. The Hall–Kier alpha value is -2.29. The minimum atomic E-state index is -0.755. The number of ether oxygens (including phenoxy) is 1. The molecule has 1 saturated heterocycles. The van der Waals surface area contributed by atoms with Gasteiger partial charge in [0.25, 0.3) is 0 Å². The molecule has 1 aliphatic heterocycles. The Balaban J connectivity index is 1.40. The topological polar surface area (TPSA) is 78.9 Å². The van der Waals surface area contributed by atoms with Gasteiger partial charge in [0.15, 0.2) is 0 Å². The summed E-state index contributed by atoms with van der Waals surface area (Å²) in [5.41, 5.74) is 1.68. The maximum Gasteiger partial charge on any atom is 0.341 e. The lowest BCUT2D eigenvalue weighted by Crippen LogP contribution is -2.56. The summed E-state index contributed by atoms with van der Waals surface area (Å²) in [7, 11) is 1.37. The van der Waals surface area contributed by atoms with E-state index in [1.807, 2.05) is 0 Å². The lowest BCUT2D eigenvalue weighted by molar-refractivity contribution is -0.135. The Labute approximate surface area is 209 Å². The number of fused-ring (bicyclic) bond motifs is 2. The van der Waals surface area contributed by atoms with E-state index in [4.69, 9.17) is 4.74 Å². The van der Waals surface area contributed by atoms with Crippen molar-refractivity contribution in [3.05, 3.63) is 51.7 Å². The van der Waals surface area contributed by atoms with Crippen LogP contribution in [-0.4, -0.2) is 47.7 Å². The third-order valence-electron chi connectivity index (χ3n) is 8.04. The molecular weight excluding hydrogens is 467 g/mol. The first-order valence-electron chi connectivity index (χ1n) is 12.6. The largest absolute Gasteiger partial charge is 0.465 e. The van der Waals surface area contributed by atoms with Crippen LogP contribution < -0.4 is 5.32 Å². The van der Waals surface area contributed by atoms with Gasteiger partial charge in [-0.25, -0.2) is 9.18 Å². The molecule has 1 aromatic heterocycles. The van der Waals surface area contributed by atoms with Crippen LogP contribution in [0, 0.1) is 11.7 Å². The predicted molar refractivity (Wildman–Crippen MR) is 133 cm³/mol. The molecule has 2 fully saturated rings. The van der Waals surface area contributed by atoms with Crippen LogP contribution >= 0.6 is 11.3 Å². The Bertz CT molecular complexity index is 1100. The van der Waals surface area contributed by atoms with Crippen molar-refractivity contribution >= 4 is 28.2 Å². The summed E-state index contributed by atoms with van der Waals surface area (Å²) in [5, 5.41) is 15.0. The lowest BCUT2D eigenvalue weighted by atomic mass is 9.66. The molecule has 0 spiro atoms. The number of carbonyl (C=O) groups is 2. The maximum absolute atomic E-state index is 13.7. The second-order valence-corrected chi connectivity index (χ2v) is 11.2. The summed E-state index contributed by atoms with van der Waals surface area (Å²) >= 11 is 1.48. The Morgan fingerprint density at radius 2 is 1.94 bits per heavy atom. The second-order valence-electron chi connectivity index (χ2n) is 10.1. The van der Waals surface area contributed by atoms with Crippen LogP contribution in [0.15, 0.2) is 24.3 Å². The standard InChI is InChI=1S/C27H33FN2O4S/c1-34-26(32)23-19-6-2-3-8-21(19)35-25(23)29-22(31)16-30-15-14-27(33)13-5-4-7-20(27)24(30)17-9-11-18(28)12-10-17/h9-12,20,24,33H,2-8,13-16H2,1H3,(H,29,31)/t20-,24+,27-/m1/s1. The molecule has 35 heavy (non-hydrogen) atoms. The molecule has 1 aromatic carbocycles. The van der Waals surface area contributed by atoms with Crippen molar-refractivity contribution < 1.29 is 23.8 Å². The first-order valence-corrected chi connectivity index (χ1v) is 13.5. The molecule has 2 aromatic rings. The fourth-order valence-electron chi connectivity index (χ4n) is 6.35. The van der Waals surface area contributed by atoms with E-state index in [0.29, 0.717) is 23.5 Å². The summed E-state index contributed by atoms with van der Waals surface area (Å²) in [6, 6.07) is 6.27. The highest BCUT2D eigenvalue weighted by Gasteiger charge is 2.49. The first kappa shape index (κ1) is 24.4. The van der Waals surface area contributed by atoms with E-state index in [0.717, 1.165) is 67.4 Å². The highest BCUT2D eigenvalue weighted by atomic mass is 32.1. The monoisotopic (exact) mass is 500 g/mol. The van der Waals surface area contributed by atoms with Gasteiger partial charge in [0.1, 0.15) is 10.8 Å². The van der Waals surface area contributed by atoms with Crippen LogP contribution in [0.2, 0.25) is 0 Å². The van der Waals surface area contributed by atoms with Crippen LogP contribution in [0.5, 0.6) is 0 Å². The van der Waals surface area contributed by atoms with Crippen molar-refractivity contribution in [3.8, 4) is 0 Å². The smallest absolute Gasteiger partial charge is 0.341 e. The lowest BCUT2D eigenvalue weighted by Gasteiger charge is -2.52. The van der Waals surface area contributed by atoms with E-state index in [2.05, 4.69) is 10.2 Å². The van der Waals surface area contributed by atoms with Gasteiger partial charge in [-0.05, 0) is 68.2 Å². The van der Waals surface area contributed by atoms with Crippen LogP contribution in [0.4, 0.5) is 9.39 Å². The predicted octanol–water partition coefficient (Wildman–Crippen LogP) is 4.86. The fraction of sp³-hybridized carbons (Fsp3) is 0.556. The molecule has 5 rings (SSSR count). The molecule has 0 radical (unpaired) electrons. The van der Waals surface area contributed by atoms with Gasteiger partial charge in [-0.15, -0.1) is 11.3 Å². The number of nitrogens with one attached hydrogen (secondary N) is 1. The van der Waals surface area contributed by atoms with Gasteiger partial charge in [0, 0.05) is 23.4 Å². The number of thiophene rings is 1. The van der Waals surface area contributed by atoms with Gasteiger partial charge in [-0.3, -0.25) is 9.69 Å². The fourth-order valence-corrected chi connectivity index (χ4v) is 7.64. The van der Waals surface area contributed by atoms with Crippen molar-refractivity contribution in [2.45, 2.75) is 69.4 Å². The number of anilines is 1. The SMILES string of the molecule is COC(=O)c1c(NC(=O)CN2CC[C@]3(O)CCCC[C@@H]3[C@@H]2c2ccc(F)cc2)sc2c1CCCC2. The number of benzene rings is 1. The Morgan fingerprint density at radius 3 is 2.71 bits per heavy atom. The summed E-state index contributed by atoms with van der Waals surface area (Å²) in [4.78, 5) is 29.1. The summed E-state index contributed by atoms with van der Waals surface area (Å²) < 4.78 is 18.7. The van der Waals surface area contributed by atoms with Crippen LogP contribution in [0.1, 0.15) is 77.3 Å². The number of halogens is 1. The zero-order chi connectivity index (χ0) is 24.6. The molecule has 3 aliphatic rings. The number of rotatable bonds is 5. The van der Waals surface area contributed by atoms with Gasteiger partial charge in [0.2, 0.25) is 5.91 Å². The van der Waals surface area contributed by atoms with Crippen LogP contribution in [-0.2, 0) is 22.4 Å². The molecule has 1 amide bonds. The molecule has 3 atom stereocenters. The van der Waals surface area contributed by atoms with Gasteiger partial charge in [0.05, 0.1) is 24.8 Å². The van der Waals surface area contributed by atoms with Crippen molar-refractivity contribution in [2.75, 3.05) is 25.5 Å². The summed E-state index contributed by atoms with van der Waals surface area (Å²) in [6.07, 6.45) is 8.14. The average Bonchev–Trinajstić information content (AvgIpc) is 3.22. The number of nitrogens with zero attached hydrogens (tertiary/aromatic N) is 1. The van der Waals surface area contributed by atoms with Crippen LogP contribution in [0.25, 0.3) is 0 Å². The van der Waals surface area contributed by atoms with Crippen LogP contribution in [0.3, 0.4) is 0 Å². The second kappa shape index (κ2) is 9.99. The molecule has 2 heterocycles. The number of amides is 1. The molecule has 6 nitrogen and oxygen atoms in total. The van der Waals surface area contributed by atoms with Crippen molar-refractivity contribution in [1.29, 1.82) is 0 Å². The van der Waals surface area contributed by atoms with Gasteiger partial charge < -0.3 is 15.2 Å². The highest BCUT2D eigenvalue weighted by molar-refractivity contribution is 7.17. The third kappa shape index (κ3) is 4.76. The zero-order valence-corrected chi connectivity index (χ0v) is 21.0. The molecule has 2 N–H and O–H groups in total. The third-order valence-corrected chi connectivity index (χ3v) is 9.25. The minimum Gasteiger partial charge on any atom is -0.465 e. The molecule has 8 heteroatoms. The van der Waals surface area contributed by atoms with E-state index in [9.17, 15) is 19.1 Å². The molecule has 0 unspecified atom stereocenters. The van der Waals surface area contributed by atoms with Crippen molar-refractivity contribution in [2.24, 2.45) is 5.92 Å². The summed E-state index contributed by atoms with van der Waals surface area (Å²) in [5.74, 6) is -0.913. The zero-order valence-electron chi connectivity index (χ0n) is 20.1. The number of hydrogen-bond acceptors (Lipinski definition) is 6. The maximum atomic E-state index is 13.7. The quantitative estimate of drug-likeness (QED) is 0.574. The number of carbonyl (C=O) groups excluding carboxylic acids is 2. The Morgan fingerprint density at radius 1 is 1.17 bits per heavy atom. The molecule has 0 bridgehead atoms. The summed E-state index contributed by atoms with van der Waals surface area (Å²) in [6.45, 7) is 0.713. The van der Waals surface area contributed by atoms with E-state index in [-0.39, 0.29) is 30.2 Å². The van der Waals surface area contributed by atoms with E-state index < -0.39 is 11.6 Å². The number of methoxy groups -OCH3 is 1. The molecule has 188 valence electrons. The first-order chi connectivity index (χ1) is 16.9. The van der Waals surface area contributed by atoms with E-state index in [1.54, 1.807) is 12.1 Å². The number of aryl methyl sites for hydroxylation is 1. The van der Waals surface area contributed by atoms with E-state index >= 15 is 0 Å². The number of esters is 1. The minimum absolute atomic E-state index is 0.0112. The molecular formula is C27H33FN2O4S. The van der Waals surface area contributed by atoms with Gasteiger partial charge >= 0.3 is 5.97 Å². The van der Waals surface area contributed by atoms with Crippen molar-refractivity contribution in [3.63, 3.8) is 0 Å².